The summed E-state index contributed by atoms with van der Waals surface area (Å²) >= 11 is 0. The Labute approximate surface area is 325 Å². The molecule has 0 aromatic carbocycles. The number of rotatable bonds is 8. The molecule has 13 atom stereocenters. The number of Topliss-reactive ketones (excluding diaryl/α,β-unsaturated/α-hetero) is 2. The molecule has 55 heavy (non-hydrogen) atoms. The van der Waals surface area contributed by atoms with Gasteiger partial charge in [-0.05, 0) is 130 Å². The van der Waals surface area contributed by atoms with Crippen LogP contribution in [0.5, 0.6) is 0 Å². The third kappa shape index (κ3) is 5.85. The van der Waals surface area contributed by atoms with Gasteiger partial charge in [0.2, 0.25) is 5.78 Å². The van der Waals surface area contributed by atoms with Gasteiger partial charge in [-0.1, -0.05) is 51.8 Å². The van der Waals surface area contributed by atoms with E-state index < -0.39 is 34.8 Å². The van der Waals surface area contributed by atoms with Gasteiger partial charge < -0.3 is 14.6 Å². The van der Waals surface area contributed by atoms with Crippen molar-refractivity contribution in [3.63, 3.8) is 0 Å². The van der Waals surface area contributed by atoms with Crippen LogP contribution in [-0.2, 0) is 38.2 Å². The van der Waals surface area contributed by atoms with Crippen molar-refractivity contribution in [2.75, 3.05) is 6.61 Å². The van der Waals surface area contributed by atoms with Crippen LogP contribution < -0.4 is 0 Å². The van der Waals surface area contributed by atoms with E-state index in [0.29, 0.717) is 42.9 Å². The molecule has 0 heterocycles. The third-order valence-corrected chi connectivity index (χ3v) is 17.5. The van der Waals surface area contributed by atoms with Crippen LogP contribution in [0.15, 0.2) is 35.5 Å². The van der Waals surface area contributed by atoms with Crippen LogP contribution in [0.4, 0.5) is 0 Å². The zero-order chi connectivity index (χ0) is 39.3. The predicted octanol–water partition coefficient (Wildman–Crippen LogP) is 7.18. The normalized spacial score (nSPS) is 45.5. The number of ether oxygens (including phenoxy) is 2. The van der Waals surface area contributed by atoms with Crippen molar-refractivity contribution in [3.05, 3.63) is 35.5 Å². The second kappa shape index (κ2) is 13.4. The average molecular weight is 757 g/mol. The number of hydrogen-bond acceptors (Lipinski definition) is 9. The van der Waals surface area contributed by atoms with E-state index >= 15 is 0 Å². The number of fused-ring (bicyclic) bond motifs is 10. The Morgan fingerprint density at radius 2 is 1.58 bits per heavy atom. The Morgan fingerprint density at radius 1 is 0.836 bits per heavy atom. The van der Waals surface area contributed by atoms with Gasteiger partial charge in [-0.15, -0.1) is 0 Å². The quantitative estimate of drug-likeness (QED) is 0.255. The van der Waals surface area contributed by atoms with Gasteiger partial charge in [0.05, 0.1) is 0 Å². The number of carbonyl (C=O) groups is 6. The Balaban J connectivity index is 0.822. The minimum absolute atomic E-state index is 0.00903. The molecule has 1 N–H and O–H groups in total. The van der Waals surface area contributed by atoms with Crippen molar-refractivity contribution in [3.8, 4) is 0 Å². The molecule has 0 aliphatic heterocycles. The third-order valence-electron chi connectivity index (χ3n) is 17.5. The van der Waals surface area contributed by atoms with Crippen molar-refractivity contribution in [1.29, 1.82) is 0 Å². The number of hydrogen-bond donors (Lipinski definition) is 1. The van der Waals surface area contributed by atoms with Gasteiger partial charge in [-0.2, -0.15) is 0 Å². The largest absolute Gasteiger partial charge is 0.462 e. The van der Waals surface area contributed by atoms with Crippen LogP contribution in [0.2, 0.25) is 0 Å². The lowest BCUT2D eigenvalue weighted by Crippen LogP contribution is -2.60. The maximum absolute atomic E-state index is 13.9. The summed E-state index contributed by atoms with van der Waals surface area (Å²) in [5, 5.41) is 12.0. The summed E-state index contributed by atoms with van der Waals surface area (Å²) in [6.45, 7) is 10.3. The van der Waals surface area contributed by atoms with Gasteiger partial charge in [0.15, 0.2) is 18.2 Å². The summed E-state index contributed by atoms with van der Waals surface area (Å²) in [7, 11) is 0. The lowest BCUT2D eigenvalue weighted by Gasteiger charge is -2.59. The Hall–Kier alpha value is -3.20. The highest BCUT2D eigenvalue weighted by molar-refractivity contribution is 6.02. The van der Waals surface area contributed by atoms with Gasteiger partial charge in [0.1, 0.15) is 17.5 Å². The molecule has 13 unspecified atom stereocenters. The molecule has 0 aromatic rings. The lowest BCUT2D eigenvalue weighted by atomic mass is 9.45. The molecular formula is C46H60O9. The van der Waals surface area contributed by atoms with E-state index in [-0.39, 0.29) is 90.1 Å². The maximum Gasteiger partial charge on any atom is 0.306 e. The van der Waals surface area contributed by atoms with Crippen LogP contribution in [0.25, 0.3) is 0 Å². The lowest BCUT2D eigenvalue weighted by molar-refractivity contribution is -0.172. The van der Waals surface area contributed by atoms with Crippen LogP contribution in [-0.4, -0.2) is 58.5 Å². The van der Waals surface area contributed by atoms with Crippen LogP contribution >= 0.6 is 0 Å². The van der Waals surface area contributed by atoms with Gasteiger partial charge in [0, 0.05) is 47.8 Å². The van der Waals surface area contributed by atoms with Crippen LogP contribution in [0, 0.1) is 63.1 Å². The highest BCUT2D eigenvalue weighted by atomic mass is 16.5. The molecule has 0 saturated heterocycles. The van der Waals surface area contributed by atoms with Crippen LogP contribution in [0.1, 0.15) is 131 Å². The van der Waals surface area contributed by atoms with Gasteiger partial charge >= 0.3 is 11.9 Å². The highest BCUT2D eigenvalue weighted by Crippen LogP contribution is 2.68. The highest BCUT2D eigenvalue weighted by Gasteiger charge is 2.68. The SMILES string of the molecule is CC1CC2=CC(=O)CCC2(C)C2CCC3(C)C(OC(=O)CCCC(=O)OCC(=O)C4(O)CCC5C6CCC7=CC(=O)C=CC7(C)C6C(=O)CC54C)CCC3C12. The minimum Gasteiger partial charge on any atom is -0.462 e. The smallest absolute Gasteiger partial charge is 0.306 e. The number of ketones is 4. The summed E-state index contributed by atoms with van der Waals surface area (Å²) < 4.78 is 11.6. The van der Waals surface area contributed by atoms with E-state index in [0.717, 1.165) is 50.5 Å². The van der Waals surface area contributed by atoms with Crippen molar-refractivity contribution >= 4 is 35.1 Å². The van der Waals surface area contributed by atoms with Crippen molar-refractivity contribution < 1.29 is 43.3 Å². The number of carbonyl (C=O) groups excluding carboxylic acids is 6. The van der Waals surface area contributed by atoms with E-state index in [2.05, 4.69) is 20.8 Å². The molecule has 8 aliphatic carbocycles. The predicted molar refractivity (Wildman–Crippen MR) is 203 cm³/mol. The fourth-order valence-electron chi connectivity index (χ4n) is 14.5. The Bertz CT molecular complexity index is 1800. The summed E-state index contributed by atoms with van der Waals surface area (Å²) in [6.07, 6.45) is 16.0. The molecule has 0 amide bonds. The summed E-state index contributed by atoms with van der Waals surface area (Å²) in [5.41, 5.74) is -0.949. The summed E-state index contributed by atoms with van der Waals surface area (Å²) in [6, 6.07) is 0. The minimum atomic E-state index is -1.78. The first-order chi connectivity index (χ1) is 25.9. The second-order valence-corrected chi connectivity index (χ2v) is 20.0. The fourth-order valence-corrected chi connectivity index (χ4v) is 14.5. The molecule has 8 rings (SSSR count). The molecule has 9 heteroatoms. The first-order valence-corrected chi connectivity index (χ1v) is 21.3. The number of esters is 2. The Kier molecular flexibility index (Phi) is 9.45. The van der Waals surface area contributed by atoms with Gasteiger partial charge in [0.25, 0.3) is 0 Å². The average Bonchev–Trinajstić information content (AvgIpc) is 3.60. The van der Waals surface area contributed by atoms with E-state index in [1.54, 1.807) is 12.2 Å². The van der Waals surface area contributed by atoms with Crippen molar-refractivity contribution in [2.24, 2.45) is 63.1 Å². The molecule has 6 fully saturated rings. The second-order valence-electron chi connectivity index (χ2n) is 20.0. The van der Waals surface area contributed by atoms with E-state index in [1.807, 2.05) is 26.0 Å². The monoisotopic (exact) mass is 756 g/mol. The van der Waals surface area contributed by atoms with E-state index in [1.165, 1.54) is 5.57 Å². The van der Waals surface area contributed by atoms with E-state index in [4.69, 9.17) is 9.47 Å². The molecule has 298 valence electrons. The van der Waals surface area contributed by atoms with Crippen molar-refractivity contribution in [1.82, 2.24) is 0 Å². The first kappa shape index (κ1) is 38.7. The molecule has 0 bridgehead atoms. The molecule has 6 saturated carbocycles. The van der Waals surface area contributed by atoms with Crippen LogP contribution in [0.3, 0.4) is 0 Å². The number of aliphatic hydroxyl groups is 1. The summed E-state index contributed by atoms with van der Waals surface area (Å²) in [5.74, 6) is 0.413. The molecular weight excluding hydrogens is 696 g/mol. The van der Waals surface area contributed by atoms with Crippen molar-refractivity contribution in [2.45, 2.75) is 143 Å². The topological polar surface area (TPSA) is 141 Å². The molecule has 0 radical (unpaired) electrons. The fraction of sp³-hybridized carbons (Fsp3) is 0.739. The molecule has 8 aliphatic rings. The first-order valence-electron chi connectivity index (χ1n) is 21.3. The maximum atomic E-state index is 13.9. The molecule has 9 nitrogen and oxygen atoms in total. The van der Waals surface area contributed by atoms with Gasteiger partial charge in [-0.3, -0.25) is 28.8 Å². The zero-order valence-corrected chi connectivity index (χ0v) is 33.5. The van der Waals surface area contributed by atoms with E-state index in [9.17, 15) is 33.9 Å². The molecule has 0 aromatic heterocycles. The standard InChI is InChI=1S/C46H60O9/c1-26-21-28-23-30(48)13-17-42(28,2)34-15-19-44(4)33(40(26)34)11-12-37(44)55-39(52)8-6-7-38(51)54-25-36(50)46(53)20-16-32-31-10-9-27-22-29(47)14-18-43(27,3)41(31)35(49)24-45(32,46)5/h14,18,22-23,26,31-34,37,40-41,53H,6-13,15-17,19-21,24-25H2,1-5H3. The Morgan fingerprint density at radius 3 is 2.36 bits per heavy atom. The number of allylic oxidation sites excluding steroid dienone is 5. The zero-order valence-electron chi connectivity index (χ0n) is 33.5. The molecule has 0 spiro atoms. The van der Waals surface area contributed by atoms with Gasteiger partial charge in [-0.25, -0.2) is 0 Å². The summed E-state index contributed by atoms with van der Waals surface area (Å²) in [4.78, 5) is 77.9.